The number of anilines is 1. The highest BCUT2D eigenvalue weighted by molar-refractivity contribution is 5.89. The van der Waals surface area contributed by atoms with E-state index in [0.717, 1.165) is 24.1 Å². The molecule has 4 heteroatoms. The van der Waals surface area contributed by atoms with Crippen molar-refractivity contribution in [2.45, 2.75) is 25.4 Å². The van der Waals surface area contributed by atoms with E-state index in [1.165, 1.54) is 0 Å². The summed E-state index contributed by atoms with van der Waals surface area (Å²) in [5.74, 6) is 0. The topological polar surface area (TPSA) is 45.2 Å². The molecule has 1 saturated carbocycles. The molecule has 0 saturated heterocycles. The number of rotatable bonds is 4. The SMILES string of the molecule is O=C(Nc1cccnc1)N(Cc1ccccc1)C1CC1. The predicted octanol–water partition coefficient (Wildman–Crippen LogP) is 3.28. The van der Waals surface area contributed by atoms with Crippen molar-refractivity contribution in [2.75, 3.05) is 5.32 Å². The van der Waals surface area contributed by atoms with E-state index in [-0.39, 0.29) is 6.03 Å². The molecule has 102 valence electrons. The predicted molar refractivity (Wildman–Crippen MR) is 78.3 cm³/mol. The third-order valence-electron chi connectivity index (χ3n) is 3.36. The first-order valence-electron chi connectivity index (χ1n) is 6.84. The summed E-state index contributed by atoms with van der Waals surface area (Å²) >= 11 is 0. The van der Waals surface area contributed by atoms with Gasteiger partial charge in [0.2, 0.25) is 0 Å². The average molecular weight is 267 g/mol. The zero-order valence-corrected chi connectivity index (χ0v) is 11.2. The van der Waals surface area contributed by atoms with Crippen LogP contribution in [-0.4, -0.2) is 22.0 Å². The van der Waals surface area contributed by atoms with Crippen molar-refractivity contribution in [1.82, 2.24) is 9.88 Å². The fourth-order valence-electron chi connectivity index (χ4n) is 2.17. The fourth-order valence-corrected chi connectivity index (χ4v) is 2.17. The first kappa shape index (κ1) is 12.7. The van der Waals surface area contributed by atoms with Crippen LogP contribution in [-0.2, 0) is 6.54 Å². The van der Waals surface area contributed by atoms with Crippen LogP contribution in [0, 0.1) is 0 Å². The van der Waals surface area contributed by atoms with Gasteiger partial charge in [-0.3, -0.25) is 4.98 Å². The summed E-state index contributed by atoms with van der Waals surface area (Å²) in [4.78, 5) is 18.3. The van der Waals surface area contributed by atoms with Gasteiger partial charge in [0.05, 0.1) is 11.9 Å². The van der Waals surface area contributed by atoms with Gasteiger partial charge >= 0.3 is 6.03 Å². The molecule has 2 aromatic rings. The number of aromatic nitrogens is 1. The molecule has 1 aliphatic carbocycles. The summed E-state index contributed by atoms with van der Waals surface area (Å²) < 4.78 is 0. The van der Waals surface area contributed by atoms with Gasteiger partial charge < -0.3 is 10.2 Å². The van der Waals surface area contributed by atoms with Crippen LogP contribution in [0.3, 0.4) is 0 Å². The van der Waals surface area contributed by atoms with Gasteiger partial charge in [0, 0.05) is 18.8 Å². The fraction of sp³-hybridized carbons (Fsp3) is 0.250. The van der Waals surface area contributed by atoms with Crippen LogP contribution in [0.15, 0.2) is 54.9 Å². The zero-order chi connectivity index (χ0) is 13.8. The Kier molecular flexibility index (Phi) is 3.63. The number of pyridine rings is 1. The smallest absolute Gasteiger partial charge is 0.317 e. The quantitative estimate of drug-likeness (QED) is 0.924. The van der Waals surface area contributed by atoms with Gasteiger partial charge in [-0.15, -0.1) is 0 Å². The lowest BCUT2D eigenvalue weighted by atomic mass is 10.2. The average Bonchev–Trinajstić information content (AvgIpc) is 3.31. The normalized spacial score (nSPS) is 13.8. The van der Waals surface area contributed by atoms with Gasteiger partial charge in [-0.25, -0.2) is 4.79 Å². The Hall–Kier alpha value is -2.36. The number of hydrogen-bond acceptors (Lipinski definition) is 2. The van der Waals surface area contributed by atoms with E-state index >= 15 is 0 Å². The number of hydrogen-bond donors (Lipinski definition) is 1. The maximum absolute atomic E-state index is 12.4. The third-order valence-corrected chi connectivity index (χ3v) is 3.36. The van der Waals surface area contributed by atoms with E-state index in [4.69, 9.17) is 0 Å². The minimum absolute atomic E-state index is 0.0515. The second-order valence-electron chi connectivity index (χ2n) is 5.02. The van der Waals surface area contributed by atoms with Crippen LogP contribution in [0.2, 0.25) is 0 Å². The van der Waals surface area contributed by atoms with Gasteiger partial charge in [0.25, 0.3) is 0 Å². The Morgan fingerprint density at radius 1 is 1.20 bits per heavy atom. The number of carbonyl (C=O) groups is 1. The van der Waals surface area contributed by atoms with Crippen molar-refractivity contribution in [3.05, 3.63) is 60.4 Å². The standard InChI is InChI=1S/C16H17N3O/c20-16(18-14-7-4-10-17-11-14)19(15-8-9-15)12-13-5-2-1-3-6-13/h1-7,10-11,15H,8-9,12H2,(H,18,20). The molecule has 1 N–H and O–H groups in total. The van der Waals surface area contributed by atoms with Crippen molar-refractivity contribution in [2.24, 2.45) is 0 Å². The van der Waals surface area contributed by atoms with Crippen LogP contribution < -0.4 is 5.32 Å². The van der Waals surface area contributed by atoms with Crippen molar-refractivity contribution in [3.63, 3.8) is 0 Å². The maximum atomic E-state index is 12.4. The molecule has 0 unspecified atom stereocenters. The van der Waals surface area contributed by atoms with Crippen LogP contribution in [0.25, 0.3) is 0 Å². The lowest BCUT2D eigenvalue weighted by Gasteiger charge is -2.23. The zero-order valence-electron chi connectivity index (χ0n) is 11.2. The van der Waals surface area contributed by atoms with Gasteiger partial charge in [-0.1, -0.05) is 30.3 Å². The molecule has 4 nitrogen and oxygen atoms in total. The number of amides is 2. The molecule has 1 aromatic heterocycles. The molecule has 2 amide bonds. The minimum atomic E-state index is -0.0515. The molecule has 0 atom stereocenters. The van der Waals surface area contributed by atoms with Crippen LogP contribution in [0.5, 0.6) is 0 Å². The van der Waals surface area contributed by atoms with Gasteiger partial charge in [0.15, 0.2) is 0 Å². The Labute approximate surface area is 118 Å². The van der Waals surface area contributed by atoms with Crippen molar-refractivity contribution >= 4 is 11.7 Å². The molecular formula is C16H17N3O. The number of benzene rings is 1. The van der Waals surface area contributed by atoms with E-state index in [9.17, 15) is 4.79 Å². The monoisotopic (exact) mass is 267 g/mol. The van der Waals surface area contributed by atoms with E-state index < -0.39 is 0 Å². The second-order valence-corrected chi connectivity index (χ2v) is 5.02. The molecule has 0 spiro atoms. The van der Waals surface area contributed by atoms with Gasteiger partial charge in [0.1, 0.15) is 0 Å². The maximum Gasteiger partial charge on any atom is 0.322 e. The summed E-state index contributed by atoms with van der Waals surface area (Å²) in [5.41, 5.74) is 1.89. The minimum Gasteiger partial charge on any atom is -0.317 e. The summed E-state index contributed by atoms with van der Waals surface area (Å²) in [6, 6.07) is 14.1. The van der Waals surface area contributed by atoms with Gasteiger partial charge in [-0.05, 0) is 30.5 Å². The Morgan fingerprint density at radius 2 is 2.00 bits per heavy atom. The summed E-state index contributed by atoms with van der Waals surface area (Å²) in [5, 5.41) is 2.91. The van der Waals surface area contributed by atoms with Crippen LogP contribution in [0.4, 0.5) is 10.5 Å². The van der Waals surface area contributed by atoms with E-state index in [1.807, 2.05) is 47.4 Å². The molecule has 1 aliphatic rings. The molecule has 0 aliphatic heterocycles. The van der Waals surface area contributed by atoms with E-state index in [0.29, 0.717) is 12.6 Å². The second kappa shape index (κ2) is 5.74. The molecule has 1 fully saturated rings. The van der Waals surface area contributed by atoms with Crippen molar-refractivity contribution in [3.8, 4) is 0 Å². The summed E-state index contributed by atoms with van der Waals surface area (Å²) in [7, 11) is 0. The highest BCUT2D eigenvalue weighted by atomic mass is 16.2. The number of carbonyl (C=O) groups excluding carboxylic acids is 1. The number of urea groups is 1. The largest absolute Gasteiger partial charge is 0.322 e. The number of nitrogens with one attached hydrogen (secondary N) is 1. The summed E-state index contributed by atoms with van der Waals surface area (Å²) in [6.45, 7) is 0.650. The lowest BCUT2D eigenvalue weighted by molar-refractivity contribution is 0.206. The Bertz CT molecular complexity index is 567. The van der Waals surface area contributed by atoms with Crippen molar-refractivity contribution < 1.29 is 4.79 Å². The molecule has 0 bridgehead atoms. The molecular weight excluding hydrogens is 250 g/mol. The first-order chi connectivity index (χ1) is 9.83. The Balaban J connectivity index is 1.69. The van der Waals surface area contributed by atoms with Crippen LogP contribution in [0.1, 0.15) is 18.4 Å². The molecule has 0 radical (unpaired) electrons. The van der Waals surface area contributed by atoms with Crippen LogP contribution >= 0.6 is 0 Å². The highest BCUT2D eigenvalue weighted by Gasteiger charge is 2.32. The van der Waals surface area contributed by atoms with E-state index in [2.05, 4.69) is 10.3 Å². The molecule has 3 rings (SSSR count). The molecule has 1 aromatic carbocycles. The third kappa shape index (κ3) is 3.15. The first-order valence-corrected chi connectivity index (χ1v) is 6.84. The lowest BCUT2D eigenvalue weighted by Crippen LogP contribution is -2.36. The Morgan fingerprint density at radius 3 is 2.65 bits per heavy atom. The summed E-state index contributed by atoms with van der Waals surface area (Å²) in [6.07, 6.45) is 5.53. The van der Waals surface area contributed by atoms with Gasteiger partial charge in [-0.2, -0.15) is 0 Å². The highest BCUT2D eigenvalue weighted by Crippen LogP contribution is 2.29. The van der Waals surface area contributed by atoms with Crippen molar-refractivity contribution in [1.29, 1.82) is 0 Å². The molecule has 20 heavy (non-hydrogen) atoms. The molecule has 1 heterocycles. The number of nitrogens with zero attached hydrogens (tertiary/aromatic N) is 2. The van der Waals surface area contributed by atoms with E-state index in [1.54, 1.807) is 12.4 Å².